The molecule has 1 aliphatic rings. The van der Waals surface area contributed by atoms with Crippen LogP contribution in [0.4, 0.5) is 0 Å². The zero-order chi connectivity index (χ0) is 13.2. The Bertz CT molecular complexity index is 766. The lowest BCUT2D eigenvalue weighted by Crippen LogP contribution is -2.20. The number of aliphatic carboxylic acids is 1. The molecule has 0 amide bonds. The molecule has 0 unspecified atom stereocenters. The standard InChI is InChI=1S/C15H12O4/c1-8-9-2-6-19-13(9)11(10-3-7-18-12(8)10)15(4-5-15)14(16)17/h2-3,6-7H,4-5H2,1H3,(H,16,17). The van der Waals surface area contributed by atoms with Crippen molar-refractivity contribution in [2.75, 3.05) is 0 Å². The highest BCUT2D eigenvalue weighted by atomic mass is 16.4. The first-order valence-electron chi connectivity index (χ1n) is 6.26. The summed E-state index contributed by atoms with van der Waals surface area (Å²) >= 11 is 0. The maximum absolute atomic E-state index is 11.6. The lowest BCUT2D eigenvalue weighted by molar-refractivity contribution is -0.139. The Kier molecular flexibility index (Phi) is 1.80. The Morgan fingerprint density at radius 1 is 1.16 bits per heavy atom. The number of rotatable bonds is 2. The molecule has 3 aromatic rings. The molecule has 1 fully saturated rings. The Morgan fingerprint density at radius 3 is 2.42 bits per heavy atom. The highest BCUT2D eigenvalue weighted by molar-refractivity contribution is 6.06. The number of hydrogen-bond acceptors (Lipinski definition) is 3. The summed E-state index contributed by atoms with van der Waals surface area (Å²) in [5.41, 5.74) is 2.41. The molecule has 1 aromatic carbocycles. The van der Waals surface area contributed by atoms with E-state index in [4.69, 9.17) is 8.83 Å². The van der Waals surface area contributed by atoms with Crippen molar-refractivity contribution in [3.8, 4) is 0 Å². The van der Waals surface area contributed by atoms with Gasteiger partial charge in [-0.3, -0.25) is 4.79 Å². The number of carbonyl (C=O) groups is 1. The first-order valence-corrected chi connectivity index (χ1v) is 6.26. The number of fused-ring (bicyclic) bond motifs is 2. The number of furan rings is 2. The van der Waals surface area contributed by atoms with Gasteiger partial charge in [-0.2, -0.15) is 0 Å². The lowest BCUT2D eigenvalue weighted by Gasteiger charge is -2.13. The minimum absolute atomic E-state index is 0.654. The van der Waals surface area contributed by atoms with Crippen LogP contribution in [0.25, 0.3) is 21.9 Å². The third-order valence-corrected chi connectivity index (χ3v) is 4.21. The number of carboxylic acids is 1. The summed E-state index contributed by atoms with van der Waals surface area (Å²) < 4.78 is 11.1. The molecule has 1 aliphatic carbocycles. The lowest BCUT2D eigenvalue weighted by atomic mass is 9.90. The van der Waals surface area contributed by atoms with Crippen molar-refractivity contribution < 1.29 is 18.7 Å². The Hall–Kier alpha value is -2.23. The van der Waals surface area contributed by atoms with Crippen LogP contribution in [-0.2, 0) is 10.2 Å². The Morgan fingerprint density at radius 2 is 1.79 bits per heavy atom. The van der Waals surface area contributed by atoms with Crippen LogP contribution < -0.4 is 0 Å². The van der Waals surface area contributed by atoms with Gasteiger partial charge in [-0.1, -0.05) is 0 Å². The van der Waals surface area contributed by atoms with Crippen molar-refractivity contribution in [1.29, 1.82) is 0 Å². The van der Waals surface area contributed by atoms with E-state index >= 15 is 0 Å². The van der Waals surface area contributed by atoms with Crippen LogP contribution in [-0.4, -0.2) is 11.1 Å². The van der Waals surface area contributed by atoms with E-state index in [-0.39, 0.29) is 0 Å². The molecule has 1 saturated carbocycles. The summed E-state index contributed by atoms with van der Waals surface area (Å²) in [6.07, 6.45) is 4.53. The fourth-order valence-electron chi connectivity index (χ4n) is 3.01. The topological polar surface area (TPSA) is 63.6 Å². The molecular formula is C15H12O4. The van der Waals surface area contributed by atoms with Crippen molar-refractivity contribution in [2.45, 2.75) is 25.2 Å². The maximum Gasteiger partial charge on any atom is 0.314 e. The normalized spacial score (nSPS) is 17.1. The molecule has 2 heterocycles. The first-order chi connectivity index (χ1) is 9.15. The molecular weight excluding hydrogens is 244 g/mol. The molecule has 4 rings (SSSR count). The van der Waals surface area contributed by atoms with Crippen molar-refractivity contribution in [3.63, 3.8) is 0 Å². The van der Waals surface area contributed by atoms with Gasteiger partial charge in [0.05, 0.1) is 17.9 Å². The average Bonchev–Trinajstić information content (AvgIpc) is 2.85. The van der Waals surface area contributed by atoms with E-state index in [9.17, 15) is 9.90 Å². The largest absolute Gasteiger partial charge is 0.481 e. The molecule has 19 heavy (non-hydrogen) atoms. The third kappa shape index (κ3) is 1.16. The second-order valence-corrected chi connectivity index (χ2v) is 5.21. The van der Waals surface area contributed by atoms with E-state index < -0.39 is 11.4 Å². The van der Waals surface area contributed by atoms with Gasteiger partial charge < -0.3 is 13.9 Å². The molecule has 4 heteroatoms. The predicted molar refractivity (Wildman–Crippen MR) is 69.3 cm³/mol. The van der Waals surface area contributed by atoms with E-state index in [0.717, 1.165) is 27.5 Å². The fourth-order valence-corrected chi connectivity index (χ4v) is 3.01. The van der Waals surface area contributed by atoms with Crippen molar-refractivity contribution in [2.24, 2.45) is 0 Å². The number of benzene rings is 1. The molecule has 0 atom stereocenters. The van der Waals surface area contributed by atoms with Crippen molar-refractivity contribution >= 4 is 27.9 Å². The number of carboxylic acid groups (broad SMARTS) is 1. The van der Waals surface area contributed by atoms with Crippen LogP contribution in [0.1, 0.15) is 24.0 Å². The summed E-state index contributed by atoms with van der Waals surface area (Å²) in [5.74, 6) is -0.781. The van der Waals surface area contributed by atoms with Gasteiger partial charge in [-0.25, -0.2) is 0 Å². The van der Waals surface area contributed by atoms with Gasteiger partial charge in [-0.05, 0) is 31.9 Å². The summed E-state index contributed by atoms with van der Waals surface area (Å²) in [7, 11) is 0. The van der Waals surface area contributed by atoms with Crippen molar-refractivity contribution in [1.82, 2.24) is 0 Å². The fraction of sp³-hybridized carbons (Fsp3) is 0.267. The maximum atomic E-state index is 11.6. The van der Waals surface area contributed by atoms with E-state index in [1.165, 1.54) is 0 Å². The third-order valence-electron chi connectivity index (χ3n) is 4.21. The molecule has 0 saturated heterocycles. The van der Waals surface area contributed by atoms with E-state index in [0.29, 0.717) is 18.4 Å². The van der Waals surface area contributed by atoms with Gasteiger partial charge in [0, 0.05) is 21.9 Å². The Balaban J connectivity index is 2.23. The van der Waals surface area contributed by atoms with Crippen LogP contribution in [0.2, 0.25) is 0 Å². The molecule has 2 aromatic heterocycles. The Labute approximate surface area is 108 Å². The number of aryl methyl sites for hydroxylation is 1. The van der Waals surface area contributed by atoms with Gasteiger partial charge in [0.15, 0.2) is 0 Å². The highest BCUT2D eigenvalue weighted by Crippen LogP contribution is 2.53. The molecule has 96 valence electrons. The van der Waals surface area contributed by atoms with Gasteiger partial charge >= 0.3 is 5.97 Å². The predicted octanol–water partition coefficient (Wildman–Crippen LogP) is 3.60. The minimum Gasteiger partial charge on any atom is -0.481 e. The highest BCUT2D eigenvalue weighted by Gasteiger charge is 2.54. The van der Waals surface area contributed by atoms with Gasteiger partial charge in [0.2, 0.25) is 0 Å². The summed E-state index contributed by atoms with van der Waals surface area (Å²) in [5, 5.41) is 11.3. The van der Waals surface area contributed by atoms with Gasteiger partial charge in [0.25, 0.3) is 0 Å². The smallest absolute Gasteiger partial charge is 0.314 e. The summed E-state index contributed by atoms with van der Waals surface area (Å²) in [6, 6.07) is 3.71. The first kappa shape index (κ1) is 10.7. The molecule has 0 spiro atoms. The van der Waals surface area contributed by atoms with Crippen LogP contribution >= 0.6 is 0 Å². The molecule has 4 nitrogen and oxygen atoms in total. The van der Waals surface area contributed by atoms with Crippen LogP contribution in [0.3, 0.4) is 0 Å². The molecule has 1 N–H and O–H groups in total. The molecule has 0 radical (unpaired) electrons. The zero-order valence-corrected chi connectivity index (χ0v) is 10.4. The average molecular weight is 256 g/mol. The SMILES string of the molecule is Cc1c2ccoc2c(C2(C(=O)O)CC2)c2ccoc12. The summed E-state index contributed by atoms with van der Waals surface area (Å²) in [4.78, 5) is 11.6. The van der Waals surface area contributed by atoms with Crippen LogP contribution in [0.15, 0.2) is 33.5 Å². The van der Waals surface area contributed by atoms with E-state index in [1.807, 2.05) is 19.1 Å². The molecule has 0 aliphatic heterocycles. The van der Waals surface area contributed by atoms with E-state index in [1.54, 1.807) is 12.5 Å². The summed E-state index contributed by atoms with van der Waals surface area (Å²) in [6.45, 7) is 1.97. The van der Waals surface area contributed by atoms with Gasteiger partial charge in [-0.15, -0.1) is 0 Å². The number of hydrogen-bond donors (Lipinski definition) is 1. The minimum atomic E-state index is -0.800. The zero-order valence-electron chi connectivity index (χ0n) is 10.4. The second-order valence-electron chi connectivity index (χ2n) is 5.21. The van der Waals surface area contributed by atoms with Gasteiger partial charge in [0.1, 0.15) is 11.2 Å². The van der Waals surface area contributed by atoms with Crippen LogP contribution in [0.5, 0.6) is 0 Å². The van der Waals surface area contributed by atoms with E-state index in [2.05, 4.69) is 0 Å². The van der Waals surface area contributed by atoms with Crippen molar-refractivity contribution in [3.05, 3.63) is 35.8 Å². The second kappa shape index (κ2) is 3.20. The monoisotopic (exact) mass is 256 g/mol. The van der Waals surface area contributed by atoms with Crippen LogP contribution in [0, 0.1) is 6.92 Å². The quantitative estimate of drug-likeness (QED) is 0.760. The molecule has 0 bridgehead atoms.